The lowest BCUT2D eigenvalue weighted by Crippen LogP contribution is -2.32. The summed E-state index contributed by atoms with van der Waals surface area (Å²) in [5, 5.41) is 15.6. The van der Waals surface area contributed by atoms with Crippen LogP contribution in [0.25, 0.3) is 0 Å². The molecule has 0 aliphatic carbocycles. The summed E-state index contributed by atoms with van der Waals surface area (Å²) in [4.78, 5) is 27.1. The highest BCUT2D eigenvalue weighted by Gasteiger charge is 2.27. The summed E-state index contributed by atoms with van der Waals surface area (Å²) in [5.41, 5.74) is 2.81. The monoisotopic (exact) mass is 400 g/mol. The number of methoxy groups -OCH3 is 1. The largest absolute Gasteiger partial charge is 0.481 e. The van der Waals surface area contributed by atoms with Crippen LogP contribution in [-0.4, -0.2) is 58.2 Å². The van der Waals surface area contributed by atoms with E-state index in [1.807, 2.05) is 13.0 Å². The topological polar surface area (TPSA) is 112 Å². The second kappa shape index (κ2) is 8.20. The second-order valence-electron chi connectivity index (χ2n) is 8.03. The molecule has 1 aliphatic rings. The van der Waals surface area contributed by atoms with Gasteiger partial charge in [0.2, 0.25) is 11.8 Å². The Morgan fingerprint density at radius 3 is 2.83 bits per heavy atom. The first-order valence-corrected chi connectivity index (χ1v) is 9.53. The standard InChI is InChI=1S/C20H28N6O3/c1-12-9-21-19(25-16(12)22-11-20(2,3)18(27)28)24-15-8-13-10-26(4)7-6-14(13)23-17(15)29-5/h8-9H,6-7,10-11H2,1-5H3,(H,27,28)(H2,21,22,24,25). The number of aryl methyl sites for hydroxylation is 1. The van der Waals surface area contributed by atoms with Crippen molar-refractivity contribution in [2.75, 3.05) is 37.9 Å². The molecule has 156 valence electrons. The first-order valence-electron chi connectivity index (χ1n) is 9.53. The van der Waals surface area contributed by atoms with Gasteiger partial charge in [0, 0.05) is 37.8 Å². The van der Waals surface area contributed by atoms with E-state index in [2.05, 4.69) is 37.5 Å². The molecule has 0 saturated carbocycles. The van der Waals surface area contributed by atoms with Crippen molar-refractivity contribution in [2.45, 2.75) is 33.7 Å². The first-order chi connectivity index (χ1) is 13.7. The predicted molar refractivity (Wildman–Crippen MR) is 111 cm³/mol. The Labute approximate surface area is 170 Å². The zero-order valence-electron chi connectivity index (χ0n) is 17.5. The van der Waals surface area contributed by atoms with Crippen molar-refractivity contribution in [1.29, 1.82) is 0 Å². The number of carboxylic acid groups (broad SMARTS) is 1. The number of aromatic nitrogens is 3. The maximum absolute atomic E-state index is 11.3. The quantitative estimate of drug-likeness (QED) is 0.645. The molecule has 0 fully saturated rings. The summed E-state index contributed by atoms with van der Waals surface area (Å²) < 4.78 is 5.46. The molecule has 0 bridgehead atoms. The van der Waals surface area contributed by atoms with Gasteiger partial charge >= 0.3 is 5.97 Å². The van der Waals surface area contributed by atoms with Crippen LogP contribution in [0.1, 0.15) is 30.7 Å². The highest BCUT2D eigenvalue weighted by molar-refractivity contribution is 5.74. The molecule has 3 N–H and O–H groups in total. The normalized spacial score (nSPS) is 14.2. The molecule has 0 spiro atoms. The highest BCUT2D eigenvalue weighted by atomic mass is 16.5. The van der Waals surface area contributed by atoms with Crippen LogP contribution in [0.15, 0.2) is 12.3 Å². The molecular formula is C20H28N6O3. The van der Waals surface area contributed by atoms with Gasteiger partial charge in [-0.05, 0) is 39.4 Å². The van der Waals surface area contributed by atoms with Crippen molar-refractivity contribution in [3.63, 3.8) is 0 Å². The third-order valence-corrected chi connectivity index (χ3v) is 5.02. The maximum atomic E-state index is 11.3. The Morgan fingerprint density at radius 2 is 2.14 bits per heavy atom. The van der Waals surface area contributed by atoms with Gasteiger partial charge in [0.15, 0.2) is 0 Å². The Morgan fingerprint density at radius 1 is 1.38 bits per heavy atom. The Hall–Kier alpha value is -2.94. The fourth-order valence-corrected chi connectivity index (χ4v) is 3.02. The molecule has 0 atom stereocenters. The molecule has 1 aliphatic heterocycles. The van der Waals surface area contributed by atoms with Crippen LogP contribution in [0.2, 0.25) is 0 Å². The summed E-state index contributed by atoms with van der Waals surface area (Å²) in [6, 6.07) is 2.03. The zero-order chi connectivity index (χ0) is 21.2. The molecule has 0 saturated heterocycles. The number of aliphatic carboxylic acids is 1. The van der Waals surface area contributed by atoms with Crippen LogP contribution in [0.5, 0.6) is 5.88 Å². The minimum Gasteiger partial charge on any atom is -0.481 e. The Kier molecular flexibility index (Phi) is 5.88. The van der Waals surface area contributed by atoms with Crippen molar-refractivity contribution < 1.29 is 14.6 Å². The number of nitrogens with one attached hydrogen (secondary N) is 2. The van der Waals surface area contributed by atoms with Gasteiger partial charge in [0.1, 0.15) is 11.5 Å². The molecule has 9 nitrogen and oxygen atoms in total. The third-order valence-electron chi connectivity index (χ3n) is 5.02. The van der Waals surface area contributed by atoms with E-state index in [0.717, 1.165) is 36.3 Å². The number of hydrogen-bond acceptors (Lipinski definition) is 8. The van der Waals surface area contributed by atoms with Gasteiger partial charge in [-0.2, -0.15) is 4.98 Å². The van der Waals surface area contributed by atoms with Crippen LogP contribution in [0.3, 0.4) is 0 Å². The fourth-order valence-electron chi connectivity index (χ4n) is 3.02. The van der Waals surface area contributed by atoms with Gasteiger partial charge < -0.3 is 25.4 Å². The van der Waals surface area contributed by atoms with Crippen LogP contribution in [0.4, 0.5) is 17.5 Å². The van der Waals surface area contributed by atoms with E-state index in [4.69, 9.17) is 4.74 Å². The van der Waals surface area contributed by atoms with Crippen LogP contribution < -0.4 is 15.4 Å². The average Bonchev–Trinajstić information content (AvgIpc) is 2.67. The summed E-state index contributed by atoms with van der Waals surface area (Å²) in [6.45, 7) is 7.25. The third kappa shape index (κ3) is 4.73. The minimum absolute atomic E-state index is 0.246. The van der Waals surface area contributed by atoms with Crippen molar-refractivity contribution in [2.24, 2.45) is 5.41 Å². The molecule has 0 amide bonds. The van der Waals surface area contributed by atoms with Gasteiger partial charge in [-0.15, -0.1) is 0 Å². The van der Waals surface area contributed by atoms with E-state index in [0.29, 0.717) is 23.3 Å². The van der Waals surface area contributed by atoms with Gasteiger partial charge in [-0.25, -0.2) is 9.97 Å². The number of nitrogens with zero attached hydrogens (tertiary/aromatic N) is 4. The first kappa shape index (κ1) is 20.8. The molecule has 29 heavy (non-hydrogen) atoms. The predicted octanol–water partition coefficient (Wildman–Crippen LogP) is 2.44. The number of fused-ring (bicyclic) bond motifs is 1. The molecule has 3 heterocycles. The number of hydrogen-bond donors (Lipinski definition) is 3. The maximum Gasteiger partial charge on any atom is 0.310 e. The van der Waals surface area contributed by atoms with E-state index in [-0.39, 0.29) is 6.54 Å². The lowest BCUT2D eigenvalue weighted by molar-refractivity contribution is -0.146. The molecule has 0 radical (unpaired) electrons. The molecule has 0 aromatic carbocycles. The van der Waals surface area contributed by atoms with E-state index in [9.17, 15) is 9.90 Å². The van der Waals surface area contributed by atoms with Crippen molar-refractivity contribution in [3.8, 4) is 5.88 Å². The molecule has 2 aromatic rings. The van der Waals surface area contributed by atoms with Gasteiger partial charge in [-0.1, -0.05) is 0 Å². The molecule has 9 heteroatoms. The summed E-state index contributed by atoms with van der Waals surface area (Å²) in [6.07, 6.45) is 2.58. The SMILES string of the molecule is COc1nc2c(cc1Nc1ncc(C)c(NCC(C)(C)C(=O)O)n1)CN(C)CC2. The number of carboxylic acids is 1. The second-order valence-corrected chi connectivity index (χ2v) is 8.03. The summed E-state index contributed by atoms with van der Waals surface area (Å²) >= 11 is 0. The van der Waals surface area contributed by atoms with E-state index >= 15 is 0 Å². The molecule has 2 aromatic heterocycles. The summed E-state index contributed by atoms with van der Waals surface area (Å²) in [5.74, 6) is 0.598. The fraction of sp³-hybridized carbons (Fsp3) is 0.500. The van der Waals surface area contributed by atoms with E-state index in [1.54, 1.807) is 27.2 Å². The van der Waals surface area contributed by atoms with E-state index in [1.165, 1.54) is 0 Å². The zero-order valence-corrected chi connectivity index (χ0v) is 17.5. The summed E-state index contributed by atoms with van der Waals surface area (Å²) in [7, 11) is 3.67. The number of ether oxygens (including phenoxy) is 1. The van der Waals surface area contributed by atoms with Gasteiger partial charge in [0.25, 0.3) is 0 Å². The Bertz CT molecular complexity index is 915. The Balaban J connectivity index is 1.83. The van der Waals surface area contributed by atoms with Crippen LogP contribution in [0, 0.1) is 12.3 Å². The van der Waals surface area contributed by atoms with E-state index < -0.39 is 11.4 Å². The lowest BCUT2D eigenvalue weighted by Gasteiger charge is -2.25. The number of anilines is 3. The van der Waals surface area contributed by atoms with Crippen molar-refractivity contribution in [3.05, 3.63) is 29.1 Å². The average molecular weight is 400 g/mol. The highest BCUT2D eigenvalue weighted by Crippen LogP contribution is 2.30. The van der Waals surface area contributed by atoms with Crippen LogP contribution in [-0.2, 0) is 17.8 Å². The molecule has 3 rings (SSSR count). The van der Waals surface area contributed by atoms with Crippen molar-refractivity contribution in [1.82, 2.24) is 19.9 Å². The minimum atomic E-state index is -0.914. The lowest BCUT2D eigenvalue weighted by atomic mass is 9.94. The number of carbonyl (C=O) groups is 1. The van der Waals surface area contributed by atoms with Crippen LogP contribution >= 0.6 is 0 Å². The smallest absolute Gasteiger partial charge is 0.310 e. The number of rotatable bonds is 7. The van der Waals surface area contributed by atoms with Gasteiger partial charge in [-0.3, -0.25) is 4.79 Å². The number of likely N-dealkylation sites (N-methyl/N-ethyl adjacent to an activating group) is 1. The van der Waals surface area contributed by atoms with Gasteiger partial charge in [0.05, 0.1) is 18.2 Å². The van der Waals surface area contributed by atoms with Crippen molar-refractivity contribution >= 4 is 23.4 Å². The molecule has 0 unspecified atom stereocenters. The molecular weight excluding hydrogens is 372 g/mol. The number of pyridine rings is 1.